The van der Waals surface area contributed by atoms with E-state index in [1.165, 1.54) is 0 Å². The van der Waals surface area contributed by atoms with Gasteiger partial charge < -0.3 is 24.9 Å². The Morgan fingerprint density at radius 3 is 2.14 bits per heavy atom. The lowest BCUT2D eigenvalue weighted by molar-refractivity contribution is -0.140. The quantitative estimate of drug-likeness (QED) is 0.666. The number of hydrogen-bond donors (Lipinski definition) is 1. The molecule has 0 aromatic heterocycles. The Kier molecular flexibility index (Phi) is 7.52. The van der Waals surface area contributed by atoms with Gasteiger partial charge in [-0.1, -0.05) is 36.4 Å². The fourth-order valence-corrected chi connectivity index (χ4v) is 5.44. The summed E-state index contributed by atoms with van der Waals surface area (Å²) in [4.78, 5) is 47.2. The van der Waals surface area contributed by atoms with Crippen LogP contribution in [0, 0.1) is 13.8 Å². The first-order valence-electron chi connectivity index (χ1n) is 12.8. The van der Waals surface area contributed by atoms with E-state index in [1.807, 2.05) is 76.2 Å². The van der Waals surface area contributed by atoms with E-state index in [0.29, 0.717) is 45.7 Å². The number of carbonyl (C=O) groups is 3. The van der Waals surface area contributed by atoms with Crippen molar-refractivity contribution in [1.29, 1.82) is 0 Å². The third-order valence-electron chi connectivity index (χ3n) is 7.62. The van der Waals surface area contributed by atoms with Crippen LogP contribution in [0.25, 0.3) is 0 Å². The monoisotopic (exact) mass is 491 g/mol. The molecule has 0 aliphatic carbocycles. The van der Waals surface area contributed by atoms with Gasteiger partial charge in [-0.15, -0.1) is 0 Å². The number of likely N-dealkylation sites (tertiary alicyclic amines) is 1. The van der Waals surface area contributed by atoms with Gasteiger partial charge in [0.15, 0.2) is 0 Å². The van der Waals surface area contributed by atoms with Gasteiger partial charge in [-0.25, -0.2) is 4.79 Å². The van der Waals surface area contributed by atoms with Crippen molar-refractivity contribution < 1.29 is 14.4 Å². The molecule has 4 amide bonds. The molecule has 192 valence electrons. The predicted molar refractivity (Wildman–Crippen MR) is 142 cm³/mol. The molecule has 2 aromatic rings. The number of benzene rings is 2. The molecule has 36 heavy (non-hydrogen) atoms. The summed E-state index contributed by atoms with van der Waals surface area (Å²) >= 11 is 0. The van der Waals surface area contributed by atoms with Crippen LogP contribution in [-0.4, -0.2) is 77.5 Å². The van der Waals surface area contributed by atoms with E-state index >= 15 is 0 Å². The second-order valence-electron chi connectivity index (χ2n) is 9.69. The fourth-order valence-electron chi connectivity index (χ4n) is 5.44. The molecule has 2 aliphatic rings. The molecule has 2 heterocycles. The predicted octanol–water partition coefficient (Wildman–Crippen LogP) is 3.84. The number of carbonyl (C=O) groups excluding carboxylic acids is 3. The maximum absolute atomic E-state index is 13.9. The first-order chi connectivity index (χ1) is 17.3. The molecule has 0 bridgehead atoms. The van der Waals surface area contributed by atoms with E-state index in [4.69, 9.17) is 0 Å². The zero-order valence-corrected chi connectivity index (χ0v) is 21.8. The topological polar surface area (TPSA) is 76.2 Å². The van der Waals surface area contributed by atoms with E-state index in [-0.39, 0.29) is 24.4 Å². The Morgan fingerprint density at radius 1 is 0.944 bits per heavy atom. The smallest absolute Gasteiger partial charge is 0.321 e. The van der Waals surface area contributed by atoms with Crippen molar-refractivity contribution in [2.45, 2.75) is 46.1 Å². The van der Waals surface area contributed by atoms with Crippen LogP contribution in [0.4, 0.5) is 16.2 Å². The summed E-state index contributed by atoms with van der Waals surface area (Å²) < 4.78 is 0. The number of para-hydroxylation sites is 2. The van der Waals surface area contributed by atoms with Crippen LogP contribution < -0.4 is 10.2 Å². The molecule has 0 atom stereocenters. The van der Waals surface area contributed by atoms with E-state index < -0.39 is 5.54 Å². The SMILES string of the molecule is CCN(CC)C(=O)CN1CN(c2ccccc2)C2(CCN(C(=O)Nc3c(C)cccc3C)CC2)C1=O. The lowest BCUT2D eigenvalue weighted by Crippen LogP contribution is -2.58. The van der Waals surface area contributed by atoms with Crippen LogP contribution in [0.2, 0.25) is 0 Å². The summed E-state index contributed by atoms with van der Waals surface area (Å²) in [7, 11) is 0. The summed E-state index contributed by atoms with van der Waals surface area (Å²) in [6.45, 7) is 10.5. The molecule has 2 aromatic carbocycles. The maximum Gasteiger partial charge on any atom is 0.321 e. The van der Waals surface area contributed by atoms with Gasteiger partial charge in [0.25, 0.3) is 5.91 Å². The molecule has 2 aliphatic heterocycles. The number of hydrogen-bond acceptors (Lipinski definition) is 4. The number of nitrogens with zero attached hydrogens (tertiary/aromatic N) is 4. The molecular weight excluding hydrogens is 454 g/mol. The molecule has 1 spiro atoms. The number of likely N-dealkylation sites (N-methyl/N-ethyl adjacent to an activating group) is 1. The van der Waals surface area contributed by atoms with Crippen molar-refractivity contribution in [3.63, 3.8) is 0 Å². The number of aryl methyl sites for hydroxylation is 2. The second-order valence-corrected chi connectivity index (χ2v) is 9.69. The Hall–Kier alpha value is -3.55. The number of nitrogens with one attached hydrogen (secondary N) is 1. The van der Waals surface area contributed by atoms with Crippen molar-refractivity contribution in [3.8, 4) is 0 Å². The summed E-state index contributed by atoms with van der Waals surface area (Å²) in [5, 5.41) is 3.07. The minimum atomic E-state index is -0.764. The van der Waals surface area contributed by atoms with Crippen molar-refractivity contribution in [1.82, 2.24) is 14.7 Å². The summed E-state index contributed by atoms with van der Waals surface area (Å²) in [6, 6.07) is 15.7. The lowest BCUT2D eigenvalue weighted by Gasteiger charge is -2.43. The molecule has 8 nitrogen and oxygen atoms in total. The van der Waals surface area contributed by atoms with Gasteiger partial charge in [0.05, 0.1) is 6.67 Å². The van der Waals surface area contributed by atoms with E-state index in [0.717, 1.165) is 22.5 Å². The zero-order chi connectivity index (χ0) is 25.9. The van der Waals surface area contributed by atoms with Crippen molar-refractivity contribution in [2.24, 2.45) is 0 Å². The van der Waals surface area contributed by atoms with Crippen molar-refractivity contribution in [3.05, 3.63) is 59.7 Å². The van der Waals surface area contributed by atoms with Crippen LogP contribution >= 0.6 is 0 Å². The van der Waals surface area contributed by atoms with Crippen molar-refractivity contribution >= 4 is 29.2 Å². The average molecular weight is 492 g/mol. The molecular formula is C28H37N5O3. The molecule has 0 unspecified atom stereocenters. The van der Waals surface area contributed by atoms with Crippen molar-refractivity contribution in [2.75, 3.05) is 49.6 Å². The first kappa shape index (κ1) is 25.5. The molecule has 4 rings (SSSR count). The van der Waals surface area contributed by atoms with Gasteiger partial charge in [0.2, 0.25) is 5.91 Å². The fraction of sp³-hybridized carbons (Fsp3) is 0.464. The largest absolute Gasteiger partial charge is 0.342 e. The van der Waals surface area contributed by atoms with Gasteiger partial charge in [-0.2, -0.15) is 0 Å². The summed E-state index contributed by atoms with van der Waals surface area (Å²) in [5.74, 6) is -0.0644. The number of amides is 4. The van der Waals surface area contributed by atoms with Crippen LogP contribution in [0.15, 0.2) is 48.5 Å². The Bertz CT molecular complexity index is 1090. The summed E-state index contributed by atoms with van der Waals surface area (Å²) in [6.07, 6.45) is 1.02. The van der Waals surface area contributed by atoms with Crippen LogP contribution in [0.1, 0.15) is 37.8 Å². The third-order valence-corrected chi connectivity index (χ3v) is 7.62. The minimum Gasteiger partial charge on any atom is -0.342 e. The standard InChI is InChI=1S/C28H37N5O3/c1-5-30(6-2)24(34)19-32-20-33(23-13-8-7-9-14-23)28(26(32)35)15-17-31(18-16-28)27(36)29-25-21(3)11-10-12-22(25)4/h7-14H,5-6,15-20H2,1-4H3,(H,29,36). The van der Waals surface area contributed by atoms with Crippen LogP contribution in [0.3, 0.4) is 0 Å². The molecule has 0 radical (unpaired) electrons. The van der Waals surface area contributed by atoms with E-state index in [1.54, 1.807) is 14.7 Å². The van der Waals surface area contributed by atoms with Crippen LogP contribution in [0.5, 0.6) is 0 Å². The molecule has 2 fully saturated rings. The average Bonchev–Trinajstić information content (AvgIpc) is 3.14. The third kappa shape index (κ3) is 4.76. The maximum atomic E-state index is 13.9. The van der Waals surface area contributed by atoms with E-state index in [9.17, 15) is 14.4 Å². The Labute approximate surface area is 213 Å². The highest BCUT2D eigenvalue weighted by Gasteiger charge is 2.54. The minimum absolute atomic E-state index is 0.0262. The highest BCUT2D eigenvalue weighted by molar-refractivity contribution is 5.97. The number of piperidine rings is 1. The number of anilines is 2. The highest BCUT2D eigenvalue weighted by atomic mass is 16.2. The first-order valence-corrected chi connectivity index (χ1v) is 12.8. The van der Waals surface area contributed by atoms with Gasteiger partial charge in [-0.3, -0.25) is 9.59 Å². The van der Waals surface area contributed by atoms with Gasteiger partial charge in [0.1, 0.15) is 12.1 Å². The molecule has 1 N–H and O–H groups in total. The van der Waals surface area contributed by atoms with Gasteiger partial charge in [-0.05, 0) is 63.8 Å². The number of rotatable bonds is 6. The number of urea groups is 1. The van der Waals surface area contributed by atoms with Crippen LogP contribution in [-0.2, 0) is 9.59 Å². The molecule has 2 saturated heterocycles. The normalized spacial score (nSPS) is 17.0. The zero-order valence-electron chi connectivity index (χ0n) is 21.8. The Balaban J connectivity index is 1.52. The Morgan fingerprint density at radius 2 is 1.56 bits per heavy atom. The van der Waals surface area contributed by atoms with E-state index in [2.05, 4.69) is 10.2 Å². The van der Waals surface area contributed by atoms with Gasteiger partial charge in [0, 0.05) is 37.6 Å². The highest BCUT2D eigenvalue weighted by Crippen LogP contribution is 2.39. The lowest BCUT2D eigenvalue weighted by atomic mass is 9.85. The summed E-state index contributed by atoms with van der Waals surface area (Å²) in [5.41, 5.74) is 3.07. The molecule has 0 saturated carbocycles. The second kappa shape index (κ2) is 10.6. The van der Waals surface area contributed by atoms with Gasteiger partial charge >= 0.3 is 6.03 Å². The molecule has 8 heteroatoms.